The van der Waals surface area contributed by atoms with Crippen molar-refractivity contribution < 1.29 is 8.42 Å². The fourth-order valence-corrected chi connectivity index (χ4v) is 4.89. The molecule has 0 bridgehead atoms. The Morgan fingerprint density at radius 3 is 2.74 bits per heavy atom. The van der Waals surface area contributed by atoms with Crippen LogP contribution in [0.15, 0.2) is 24.3 Å². The van der Waals surface area contributed by atoms with E-state index >= 15 is 0 Å². The van der Waals surface area contributed by atoms with E-state index < -0.39 is 10.2 Å². The fourth-order valence-electron chi connectivity index (χ4n) is 3.71. The molecule has 1 aromatic carbocycles. The number of fused-ring (bicyclic) bond motifs is 1. The van der Waals surface area contributed by atoms with Gasteiger partial charge in [0.25, 0.3) is 10.2 Å². The Bertz CT molecular complexity index is 626. The highest BCUT2D eigenvalue weighted by molar-refractivity contribution is 7.87. The first-order valence-corrected chi connectivity index (χ1v) is 10.1. The third kappa shape index (κ3) is 3.94. The van der Waals surface area contributed by atoms with Gasteiger partial charge >= 0.3 is 0 Å². The van der Waals surface area contributed by atoms with Crippen molar-refractivity contribution in [3.63, 3.8) is 0 Å². The van der Waals surface area contributed by atoms with Crippen molar-refractivity contribution in [1.82, 2.24) is 14.3 Å². The molecule has 1 aliphatic carbocycles. The molecular formula is C17H27N3O2S. The summed E-state index contributed by atoms with van der Waals surface area (Å²) in [5.41, 5.74) is 2.53. The van der Waals surface area contributed by atoms with Crippen LogP contribution in [-0.2, 0) is 16.6 Å². The van der Waals surface area contributed by atoms with Crippen LogP contribution < -0.4 is 10.0 Å². The molecule has 0 amide bonds. The van der Waals surface area contributed by atoms with Crippen molar-refractivity contribution in [2.24, 2.45) is 0 Å². The lowest BCUT2D eigenvalue weighted by atomic mass is 9.95. The van der Waals surface area contributed by atoms with Gasteiger partial charge in [0, 0.05) is 25.7 Å². The monoisotopic (exact) mass is 337 g/mol. The van der Waals surface area contributed by atoms with E-state index in [-0.39, 0.29) is 12.1 Å². The average Bonchev–Trinajstić information content (AvgIpc) is 2.60. The van der Waals surface area contributed by atoms with E-state index in [1.54, 1.807) is 11.4 Å². The summed E-state index contributed by atoms with van der Waals surface area (Å²) < 4.78 is 29.5. The summed E-state index contributed by atoms with van der Waals surface area (Å²) in [5, 5.41) is 3.42. The third-order valence-corrected chi connectivity index (χ3v) is 6.74. The first kappa shape index (κ1) is 16.9. The van der Waals surface area contributed by atoms with E-state index in [9.17, 15) is 8.42 Å². The van der Waals surface area contributed by atoms with Crippen molar-refractivity contribution in [3.8, 4) is 0 Å². The van der Waals surface area contributed by atoms with Gasteiger partial charge in [-0.05, 0) is 36.9 Å². The third-order valence-electron chi connectivity index (χ3n) is 5.15. The molecule has 3 rings (SSSR count). The molecule has 0 saturated heterocycles. The van der Waals surface area contributed by atoms with Gasteiger partial charge < -0.3 is 5.32 Å². The number of benzene rings is 1. The van der Waals surface area contributed by atoms with Crippen LogP contribution in [0.4, 0.5) is 0 Å². The van der Waals surface area contributed by atoms with E-state index in [2.05, 4.69) is 22.2 Å². The molecule has 1 aliphatic heterocycles. The minimum atomic E-state index is -3.42. The Kier molecular flexibility index (Phi) is 5.36. The summed E-state index contributed by atoms with van der Waals surface area (Å²) in [6, 6.07) is 8.48. The SMILES string of the molecule is CN(C1CCCCC1)S(=O)(=O)NCC1NCCc2ccccc21. The van der Waals surface area contributed by atoms with Gasteiger partial charge in [0.05, 0.1) is 0 Å². The van der Waals surface area contributed by atoms with Crippen molar-refractivity contribution >= 4 is 10.2 Å². The lowest BCUT2D eigenvalue weighted by Gasteiger charge is -2.32. The molecule has 0 radical (unpaired) electrons. The first-order chi connectivity index (χ1) is 11.1. The zero-order chi connectivity index (χ0) is 16.3. The zero-order valence-electron chi connectivity index (χ0n) is 13.8. The van der Waals surface area contributed by atoms with Crippen molar-refractivity contribution in [3.05, 3.63) is 35.4 Å². The van der Waals surface area contributed by atoms with Crippen LogP contribution in [0, 0.1) is 0 Å². The number of rotatable bonds is 5. The molecule has 0 spiro atoms. The second kappa shape index (κ2) is 7.30. The molecule has 1 saturated carbocycles. The first-order valence-electron chi connectivity index (χ1n) is 8.62. The Hall–Kier alpha value is -0.950. The van der Waals surface area contributed by atoms with E-state index in [1.807, 2.05) is 12.1 Å². The van der Waals surface area contributed by atoms with Crippen LogP contribution in [0.2, 0.25) is 0 Å². The molecule has 1 unspecified atom stereocenters. The molecule has 1 atom stereocenters. The molecule has 1 heterocycles. The van der Waals surface area contributed by atoms with Crippen LogP contribution >= 0.6 is 0 Å². The molecule has 0 aromatic heterocycles. The van der Waals surface area contributed by atoms with Gasteiger partial charge in [-0.3, -0.25) is 0 Å². The van der Waals surface area contributed by atoms with Crippen LogP contribution in [0.1, 0.15) is 49.3 Å². The molecule has 128 valence electrons. The number of nitrogens with one attached hydrogen (secondary N) is 2. The fraction of sp³-hybridized carbons (Fsp3) is 0.647. The minimum Gasteiger partial charge on any atom is -0.308 e. The second-order valence-corrected chi connectivity index (χ2v) is 8.43. The van der Waals surface area contributed by atoms with Crippen LogP contribution in [0.5, 0.6) is 0 Å². The maximum absolute atomic E-state index is 12.6. The average molecular weight is 337 g/mol. The maximum Gasteiger partial charge on any atom is 0.279 e. The Balaban J connectivity index is 1.63. The van der Waals surface area contributed by atoms with Crippen LogP contribution in [-0.4, -0.2) is 38.9 Å². The van der Waals surface area contributed by atoms with Crippen molar-refractivity contribution in [2.45, 2.75) is 50.6 Å². The largest absolute Gasteiger partial charge is 0.308 e. The molecule has 1 fully saturated rings. The molecule has 2 N–H and O–H groups in total. The molecule has 2 aliphatic rings. The summed E-state index contributed by atoms with van der Waals surface area (Å²) in [5.74, 6) is 0. The molecule has 23 heavy (non-hydrogen) atoms. The van der Waals surface area contributed by atoms with Gasteiger partial charge in [0.1, 0.15) is 0 Å². The maximum atomic E-state index is 12.6. The Labute approximate surface area is 139 Å². The van der Waals surface area contributed by atoms with Crippen molar-refractivity contribution in [1.29, 1.82) is 0 Å². The molecule has 6 heteroatoms. The van der Waals surface area contributed by atoms with E-state index in [4.69, 9.17) is 0 Å². The highest BCUT2D eigenvalue weighted by Crippen LogP contribution is 2.24. The number of nitrogens with zero attached hydrogens (tertiary/aromatic N) is 1. The van der Waals surface area contributed by atoms with E-state index in [1.165, 1.54) is 17.5 Å². The lowest BCUT2D eigenvalue weighted by molar-refractivity contribution is 0.282. The normalized spacial score (nSPS) is 23.0. The smallest absolute Gasteiger partial charge is 0.279 e. The predicted molar refractivity (Wildman–Crippen MR) is 92.4 cm³/mol. The van der Waals surface area contributed by atoms with E-state index in [0.717, 1.165) is 38.6 Å². The molecular weight excluding hydrogens is 310 g/mol. The Morgan fingerprint density at radius 2 is 1.96 bits per heavy atom. The van der Waals surface area contributed by atoms with Gasteiger partial charge in [-0.1, -0.05) is 43.5 Å². The zero-order valence-corrected chi connectivity index (χ0v) is 14.6. The van der Waals surface area contributed by atoms with Crippen molar-refractivity contribution in [2.75, 3.05) is 20.1 Å². The Morgan fingerprint density at radius 1 is 1.22 bits per heavy atom. The summed E-state index contributed by atoms with van der Waals surface area (Å²) in [6.07, 6.45) is 6.43. The summed E-state index contributed by atoms with van der Waals surface area (Å²) in [7, 11) is -1.71. The highest BCUT2D eigenvalue weighted by atomic mass is 32.2. The van der Waals surface area contributed by atoms with Gasteiger partial charge in [-0.25, -0.2) is 4.72 Å². The van der Waals surface area contributed by atoms with Crippen LogP contribution in [0.3, 0.4) is 0 Å². The summed E-state index contributed by atoms with van der Waals surface area (Å²) in [6.45, 7) is 1.29. The summed E-state index contributed by atoms with van der Waals surface area (Å²) in [4.78, 5) is 0. The second-order valence-electron chi connectivity index (χ2n) is 6.62. The lowest BCUT2D eigenvalue weighted by Crippen LogP contribution is -2.47. The standard InChI is InChI=1S/C17H27N3O2S/c1-20(15-8-3-2-4-9-15)23(21,22)19-13-17-16-10-6-5-7-14(16)11-12-18-17/h5-7,10,15,17-19H,2-4,8-9,11-13H2,1H3. The van der Waals surface area contributed by atoms with Gasteiger partial charge in [-0.2, -0.15) is 12.7 Å². The topological polar surface area (TPSA) is 61.4 Å². The minimum absolute atomic E-state index is 0.0504. The highest BCUT2D eigenvalue weighted by Gasteiger charge is 2.28. The molecule has 5 nitrogen and oxygen atoms in total. The number of hydrogen-bond donors (Lipinski definition) is 2. The molecule has 1 aromatic rings. The van der Waals surface area contributed by atoms with Gasteiger partial charge in [0.15, 0.2) is 0 Å². The number of hydrogen-bond acceptors (Lipinski definition) is 3. The quantitative estimate of drug-likeness (QED) is 0.863. The predicted octanol–water partition coefficient (Wildman–Crippen LogP) is 1.97. The van der Waals surface area contributed by atoms with Gasteiger partial charge in [-0.15, -0.1) is 0 Å². The van der Waals surface area contributed by atoms with Crippen LogP contribution in [0.25, 0.3) is 0 Å². The van der Waals surface area contributed by atoms with Gasteiger partial charge in [0.2, 0.25) is 0 Å². The summed E-state index contributed by atoms with van der Waals surface area (Å²) >= 11 is 0. The van der Waals surface area contributed by atoms with E-state index in [0.29, 0.717) is 6.54 Å².